The fraction of sp³-hybridized carbons (Fsp3) is 0. The highest BCUT2D eigenvalue weighted by molar-refractivity contribution is 7.11. The van der Waals surface area contributed by atoms with E-state index in [0.29, 0.717) is 11.1 Å². The quantitative estimate of drug-likeness (QED) is 0.592. The van der Waals surface area contributed by atoms with Crippen LogP contribution in [0.4, 0.5) is 0 Å². The monoisotopic (exact) mass is 344 g/mol. The van der Waals surface area contributed by atoms with Gasteiger partial charge in [0, 0.05) is 9.75 Å². The van der Waals surface area contributed by atoms with Crippen LogP contribution in [-0.4, -0.2) is 0 Å². The average molecular weight is 344 g/mol. The Bertz CT molecular complexity index is 893. The first-order valence-electron chi connectivity index (χ1n) is 7.21. The van der Waals surface area contributed by atoms with Crippen LogP contribution < -0.4 is 0 Å². The number of hydrogen-bond acceptors (Lipinski definition) is 4. The Hall–Kier alpha value is -2.92. The Morgan fingerprint density at radius 1 is 0.625 bits per heavy atom. The van der Waals surface area contributed by atoms with Crippen molar-refractivity contribution < 1.29 is 0 Å². The van der Waals surface area contributed by atoms with Crippen molar-refractivity contribution in [2.45, 2.75) is 0 Å². The predicted octanol–water partition coefficient (Wildman–Crippen LogP) is 5.89. The smallest absolute Gasteiger partial charge is 0.101 e. The van der Waals surface area contributed by atoms with E-state index in [1.165, 1.54) is 0 Å². The highest BCUT2D eigenvalue weighted by Crippen LogP contribution is 2.21. The summed E-state index contributed by atoms with van der Waals surface area (Å²) in [6.07, 6.45) is 7.96. The second-order valence-electron chi connectivity index (χ2n) is 4.95. The molecule has 24 heavy (non-hydrogen) atoms. The van der Waals surface area contributed by atoms with Gasteiger partial charge in [0.1, 0.15) is 12.1 Å². The van der Waals surface area contributed by atoms with E-state index in [1.807, 2.05) is 71.5 Å². The van der Waals surface area contributed by atoms with Gasteiger partial charge in [-0.1, -0.05) is 36.4 Å². The molecule has 114 valence electrons. The Morgan fingerprint density at radius 3 is 1.42 bits per heavy atom. The van der Waals surface area contributed by atoms with Crippen LogP contribution in [0.3, 0.4) is 0 Å². The van der Waals surface area contributed by atoms with E-state index >= 15 is 0 Å². The first kappa shape index (κ1) is 16.0. The topological polar surface area (TPSA) is 47.6 Å². The first-order chi connectivity index (χ1) is 11.8. The minimum absolute atomic E-state index is 0.708. The van der Waals surface area contributed by atoms with Gasteiger partial charge in [-0.2, -0.15) is 10.5 Å². The molecule has 0 aliphatic rings. The van der Waals surface area contributed by atoms with Crippen LogP contribution in [0.1, 0.15) is 32.0 Å². The van der Waals surface area contributed by atoms with Gasteiger partial charge in [0.05, 0.1) is 11.1 Å². The lowest BCUT2D eigenvalue weighted by molar-refractivity contribution is 1.50. The normalized spacial score (nSPS) is 10.9. The maximum Gasteiger partial charge on any atom is 0.101 e. The minimum Gasteiger partial charge on any atom is -0.192 e. The molecule has 0 radical (unpaired) electrons. The van der Waals surface area contributed by atoms with E-state index in [2.05, 4.69) is 12.1 Å². The zero-order valence-electron chi connectivity index (χ0n) is 12.6. The van der Waals surface area contributed by atoms with Crippen LogP contribution >= 0.6 is 22.7 Å². The van der Waals surface area contributed by atoms with Crippen molar-refractivity contribution in [3.05, 3.63) is 79.2 Å². The van der Waals surface area contributed by atoms with Gasteiger partial charge >= 0.3 is 0 Å². The molecule has 0 N–H and O–H groups in total. The molecular weight excluding hydrogens is 332 g/mol. The zero-order valence-corrected chi connectivity index (χ0v) is 14.3. The minimum atomic E-state index is 0.708. The van der Waals surface area contributed by atoms with Crippen molar-refractivity contribution in [3.63, 3.8) is 0 Å². The molecule has 4 heteroatoms. The van der Waals surface area contributed by atoms with Gasteiger partial charge < -0.3 is 0 Å². The molecule has 0 unspecified atom stereocenters. The third kappa shape index (κ3) is 3.70. The van der Waals surface area contributed by atoms with Gasteiger partial charge in [0.15, 0.2) is 0 Å². The molecule has 2 heterocycles. The molecule has 0 saturated heterocycles. The van der Waals surface area contributed by atoms with Crippen LogP contribution in [0.2, 0.25) is 0 Å². The molecule has 0 aliphatic heterocycles. The molecule has 0 amide bonds. The summed E-state index contributed by atoms with van der Waals surface area (Å²) < 4.78 is 0. The summed E-state index contributed by atoms with van der Waals surface area (Å²) in [5.74, 6) is 0. The van der Waals surface area contributed by atoms with Gasteiger partial charge in [-0.15, -0.1) is 22.7 Å². The fourth-order valence-corrected chi connectivity index (χ4v) is 3.62. The van der Waals surface area contributed by atoms with Crippen LogP contribution in [0.25, 0.3) is 24.3 Å². The lowest BCUT2D eigenvalue weighted by Gasteiger charge is -1.96. The summed E-state index contributed by atoms with van der Waals surface area (Å²) in [5, 5.41) is 21.9. The summed E-state index contributed by atoms with van der Waals surface area (Å²) in [6.45, 7) is 0. The second-order valence-corrected chi connectivity index (χ2v) is 6.85. The number of hydrogen-bond donors (Lipinski definition) is 0. The van der Waals surface area contributed by atoms with Crippen LogP contribution in [-0.2, 0) is 0 Å². The van der Waals surface area contributed by atoms with E-state index in [1.54, 1.807) is 22.7 Å². The van der Waals surface area contributed by atoms with E-state index in [0.717, 1.165) is 20.9 Å². The zero-order chi connectivity index (χ0) is 16.8. The van der Waals surface area contributed by atoms with Gasteiger partial charge in [0.2, 0.25) is 0 Å². The highest BCUT2D eigenvalue weighted by Gasteiger charge is 2.00. The van der Waals surface area contributed by atoms with Crippen LogP contribution in [0.15, 0.2) is 47.2 Å². The van der Waals surface area contributed by atoms with Gasteiger partial charge in [-0.25, -0.2) is 0 Å². The van der Waals surface area contributed by atoms with E-state index in [9.17, 15) is 0 Å². The molecule has 0 fully saturated rings. The Morgan fingerprint density at radius 2 is 1.04 bits per heavy atom. The largest absolute Gasteiger partial charge is 0.192 e. The molecule has 0 atom stereocenters. The first-order valence-corrected chi connectivity index (χ1v) is 8.97. The lowest BCUT2D eigenvalue weighted by Crippen LogP contribution is -1.76. The summed E-state index contributed by atoms with van der Waals surface area (Å²) in [5.41, 5.74) is 3.58. The van der Waals surface area contributed by atoms with E-state index < -0.39 is 0 Å². The number of nitriles is 2. The molecule has 0 saturated carbocycles. The molecular formula is C20H12N2S2. The van der Waals surface area contributed by atoms with Crippen molar-refractivity contribution >= 4 is 47.0 Å². The average Bonchev–Trinajstić information content (AvgIpc) is 3.27. The van der Waals surface area contributed by atoms with Crippen molar-refractivity contribution in [2.75, 3.05) is 0 Å². The second kappa shape index (κ2) is 7.57. The van der Waals surface area contributed by atoms with Gasteiger partial charge in [-0.3, -0.25) is 0 Å². The summed E-state index contributed by atoms with van der Waals surface area (Å²) in [6, 6.07) is 16.2. The van der Waals surface area contributed by atoms with E-state index in [-0.39, 0.29) is 0 Å². The number of nitrogens with zero attached hydrogens (tertiary/aromatic N) is 2. The molecule has 2 nitrogen and oxygen atoms in total. The Labute approximate surface area is 148 Å². The molecule has 3 rings (SSSR count). The number of rotatable bonds is 4. The van der Waals surface area contributed by atoms with Crippen LogP contribution in [0.5, 0.6) is 0 Å². The van der Waals surface area contributed by atoms with Crippen molar-refractivity contribution in [1.29, 1.82) is 10.5 Å². The lowest BCUT2D eigenvalue weighted by atomic mass is 10.1. The molecule has 0 spiro atoms. The van der Waals surface area contributed by atoms with Gasteiger partial charge in [-0.05, 0) is 46.2 Å². The SMILES string of the molecule is N#Cc1ccsc1/C=C/c1ccc(/C=C/c2sccc2C#N)cc1. The maximum absolute atomic E-state index is 9.01. The predicted molar refractivity (Wildman–Crippen MR) is 102 cm³/mol. The third-order valence-corrected chi connectivity index (χ3v) is 5.19. The third-order valence-electron chi connectivity index (χ3n) is 3.42. The molecule has 0 aliphatic carbocycles. The number of thiophene rings is 2. The fourth-order valence-electron chi connectivity index (χ4n) is 2.15. The van der Waals surface area contributed by atoms with Gasteiger partial charge in [0.25, 0.3) is 0 Å². The van der Waals surface area contributed by atoms with Crippen LogP contribution in [0, 0.1) is 22.7 Å². The summed E-state index contributed by atoms with van der Waals surface area (Å²) in [4.78, 5) is 1.95. The molecule has 3 aromatic rings. The van der Waals surface area contributed by atoms with E-state index in [4.69, 9.17) is 10.5 Å². The molecule has 1 aromatic carbocycles. The maximum atomic E-state index is 9.01. The van der Waals surface area contributed by atoms with Crippen molar-refractivity contribution in [2.24, 2.45) is 0 Å². The molecule has 0 bridgehead atoms. The summed E-state index contributed by atoms with van der Waals surface area (Å²) in [7, 11) is 0. The van der Waals surface area contributed by atoms with Crippen molar-refractivity contribution in [3.8, 4) is 12.1 Å². The number of benzene rings is 1. The highest BCUT2D eigenvalue weighted by atomic mass is 32.1. The molecule has 2 aromatic heterocycles. The van der Waals surface area contributed by atoms with Crippen molar-refractivity contribution in [1.82, 2.24) is 0 Å². The standard InChI is InChI=1S/C20H12N2S2/c21-13-17-9-11-23-19(17)7-5-15-1-2-16(4-3-15)6-8-20-18(14-22)10-12-24-20/h1-12H/b7-5+,8-6+. The summed E-state index contributed by atoms with van der Waals surface area (Å²) >= 11 is 3.12. The Balaban J connectivity index is 1.72. The Kier molecular flexibility index (Phi) is 5.03.